The van der Waals surface area contributed by atoms with Gasteiger partial charge in [-0.05, 0) is 129 Å². The second-order valence-electron chi connectivity index (χ2n) is 14.9. The summed E-state index contributed by atoms with van der Waals surface area (Å²) < 4.78 is 0. The fourth-order valence-electron chi connectivity index (χ4n) is 8.05. The van der Waals surface area contributed by atoms with Gasteiger partial charge in [-0.15, -0.1) is 0 Å². The van der Waals surface area contributed by atoms with Crippen LogP contribution in [0.25, 0.3) is 0 Å². The smallest absolute Gasteiger partial charge is 0.0150 e. The van der Waals surface area contributed by atoms with E-state index >= 15 is 0 Å². The molecule has 5 unspecified atom stereocenters. The van der Waals surface area contributed by atoms with E-state index in [-0.39, 0.29) is 0 Å². The summed E-state index contributed by atoms with van der Waals surface area (Å²) in [6, 6.07) is 49.3. The summed E-state index contributed by atoms with van der Waals surface area (Å²) in [7, 11) is 0. The van der Waals surface area contributed by atoms with Crippen molar-refractivity contribution in [3.63, 3.8) is 0 Å². The SMILES string of the molecule is CCCC(CC(CC(CC(CC(CC)c1ccc(C)cc1)c1ccccc1)c1ccc(C)cc1)c1ccc(CC)cc1)c1ccc(C)cc1. The Morgan fingerprint density at radius 2 is 0.714 bits per heavy atom. The zero-order chi connectivity index (χ0) is 34.6. The predicted molar refractivity (Wildman–Crippen MR) is 213 cm³/mol. The molecule has 0 spiro atoms. The van der Waals surface area contributed by atoms with Crippen LogP contribution >= 0.6 is 0 Å². The van der Waals surface area contributed by atoms with E-state index in [1.54, 1.807) is 0 Å². The van der Waals surface area contributed by atoms with Gasteiger partial charge in [-0.1, -0.05) is 171 Å². The zero-order valence-electron chi connectivity index (χ0n) is 31.2. The fraction of sp³-hybridized carbons (Fsp3) is 0.388. The maximum atomic E-state index is 2.45. The molecule has 0 aliphatic rings. The molecule has 0 aliphatic heterocycles. The number of rotatable bonds is 17. The topological polar surface area (TPSA) is 0 Å². The molecule has 0 radical (unpaired) electrons. The van der Waals surface area contributed by atoms with Gasteiger partial charge in [0.2, 0.25) is 0 Å². The molecule has 0 saturated carbocycles. The molecule has 0 N–H and O–H groups in total. The van der Waals surface area contributed by atoms with Crippen molar-refractivity contribution >= 4 is 0 Å². The second kappa shape index (κ2) is 18.2. The van der Waals surface area contributed by atoms with E-state index in [0.29, 0.717) is 29.6 Å². The van der Waals surface area contributed by atoms with E-state index in [4.69, 9.17) is 0 Å². The molecular formula is C49H60. The molecule has 0 bridgehead atoms. The van der Waals surface area contributed by atoms with E-state index in [0.717, 1.165) is 25.7 Å². The van der Waals surface area contributed by atoms with Crippen molar-refractivity contribution in [2.24, 2.45) is 0 Å². The van der Waals surface area contributed by atoms with Crippen molar-refractivity contribution in [1.82, 2.24) is 0 Å². The van der Waals surface area contributed by atoms with Gasteiger partial charge < -0.3 is 0 Å². The summed E-state index contributed by atoms with van der Waals surface area (Å²) in [6.07, 6.45) is 9.33. The van der Waals surface area contributed by atoms with Gasteiger partial charge in [0.1, 0.15) is 0 Å². The highest BCUT2D eigenvalue weighted by Crippen LogP contribution is 2.45. The Morgan fingerprint density at radius 3 is 1.12 bits per heavy atom. The number of hydrogen-bond acceptors (Lipinski definition) is 0. The van der Waals surface area contributed by atoms with Crippen LogP contribution in [0.3, 0.4) is 0 Å². The van der Waals surface area contributed by atoms with Crippen LogP contribution in [0.1, 0.15) is 145 Å². The normalized spacial score (nSPS) is 14.6. The summed E-state index contributed by atoms with van der Waals surface area (Å²) in [5.41, 5.74) is 12.9. The molecule has 0 saturated heterocycles. The molecule has 0 amide bonds. The lowest BCUT2D eigenvalue weighted by Crippen LogP contribution is -2.15. The maximum Gasteiger partial charge on any atom is -0.0150 e. The highest BCUT2D eigenvalue weighted by molar-refractivity contribution is 5.32. The van der Waals surface area contributed by atoms with Crippen LogP contribution in [-0.4, -0.2) is 0 Å². The van der Waals surface area contributed by atoms with Crippen molar-refractivity contribution < 1.29 is 0 Å². The Kier molecular flexibility index (Phi) is 13.5. The molecule has 49 heavy (non-hydrogen) atoms. The van der Waals surface area contributed by atoms with E-state index in [2.05, 4.69) is 169 Å². The number of benzene rings is 5. The summed E-state index contributed by atoms with van der Waals surface area (Å²) >= 11 is 0. The maximum absolute atomic E-state index is 2.45. The second-order valence-corrected chi connectivity index (χ2v) is 14.9. The summed E-state index contributed by atoms with van der Waals surface area (Å²) in [6.45, 7) is 13.6. The first kappa shape index (κ1) is 36.4. The Morgan fingerprint density at radius 1 is 0.367 bits per heavy atom. The number of aryl methyl sites for hydroxylation is 4. The molecule has 0 nitrogen and oxygen atoms in total. The lowest BCUT2D eigenvalue weighted by Gasteiger charge is -2.32. The Labute approximate surface area is 299 Å². The van der Waals surface area contributed by atoms with Crippen molar-refractivity contribution in [2.45, 2.75) is 122 Å². The minimum atomic E-state index is 0.456. The lowest BCUT2D eigenvalue weighted by molar-refractivity contribution is 0.397. The molecule has 0 heterocycles. The van der Waals surface area contributed by atoms with Crippen molar-refractivity contribution in [2.75, 3.05) is 0 Å². The van der Waals surface area contributed by atoms with Crippen LogP contribution < -0.4 is 0 Å². The molecule has 0 aromatic heterocycles. The molecule has 0 heteroatoms. The summed E-state index contributed by atoms with van der Waals surface area (Å²) in [5.74, 6) is 2.50. The van der Waals surface area contributed by atoms with Gasteiger partial charge in [-0.25, -0.2) is 0 Å². The highest BCUT2D eigenvalue weighted by atomic mass is 14.3. The van der Waals surface area contributed by atoms with Gasteiger partial charge in [-0.3, -0.25) is 0 Å². The quantitative estimate of drug-likeness (QED) is 0.0941. The summed E-state index contributed by atoms with van der Waals surface area (Å²) in [4.78, 5) is 0. The average molecular weight is 649 g/mol. The van der Waals surface area contributed by atoms with E-state index < -0.39 is 0 Å². The Hall–Kier alpha value is -3.90. The average Bonchev–Trinajstić information content (AvgIpc) is 3.13. The van der Waals surface area contributed by atoms with Gasteiger partial charge in [-0.2, -0.15) is 0 Å². The van der Waals surface area contributed by atoms with Crippen LogP contribution in [0.4, 0.5) is 0 Å². The number of hydrogen-bond donors (Lipinski definition) is 0. The van der Waals surface area contributed by atoms with E-state index in [9.17, 15) is 0 Å². The monoisotopic (exact) mass is 648 g/mol. The van der Waals surface area contributed by atoms with Gasteiger partial charge in [0.05, 0.1) is 0 Å². The van der Waals surface area contributed by atoms with E-state index in [1.807, 2.05) is 0 Å². The van der Waals surface area contributed by atoms with Crippen LogP contribution in [0.5, 0.6) is 0 Å². The first-order valence-corrected chi connectivity index (χ1v) is 19.2. The molecule has 256 valence electrons. The first-order chi connectivity index (χ1) is 23.9. The molecule has 0 fully saturated rings. The van der Waals surface area contributed by atoms with Crippen molar-refractivity contribution in [1.29, 1.82) is 0 Å². The molecule has 5 aromatic rings. The first-order valence-electron chi connectivity index (χ1n) is 19.2. The largest absolute Gasteiger partial charge is 0.0654 e. The molecule has 0 aliphatic carbocycles. The van der Waals surface area contributed by atoms with Gasteiger partial charge >= 0.3 is 0 Å². The van der Waals surface area contributed by atoms with E-state index in [1.165, 1.54) is 75.8 Å². The minimum Gasteiger partial charge on any atom is -0.0654 e. The van der Waals surface area contributed by atoms with Gasteiger partial charge in [0, 0.05) is 0 Å². The standard InChI is InChI=1S/C49H60/c1-7-13-46(43-26-18-37(5)19-27-43)33-48(45-30-22-39(8-2)23-31-45)35-49(44-28-20-38(6)21-29-44)34-47(41-14-11-10-12-15-41)32-40(9-3)42-24-16-36(4)17-25-42/h10-12,14-31,40,46-49H,7-9,13,32-35H2,1-6H3. The fourth-order valence-corrected chi connectivity index (χ4v) is 8.05. The minimum absolute atomic E-state index is 0.456. The molecule has 5 rings (SSSR count). The molecule has 5 atom stereocenters. The predicted octanol–water partition coefficient (Wildman–Crippen LogP) is 14.2. The van der Waals surface area contributed by atoms with Crippen LogP contribution in [0, 0.1) is 20.8 Å². The van der Waals surface area contributed by atoms with Gasteiger partial charge in [0.25, 0.3) is 0 Å². The van der Waals surface area contributed by atoms with Gasteiger partial charge in [0.15, 0.2) is 0 Å². The van der Waals surface area contributed by atoms with Crippen molar-refractivity contribution in [3.8, 4) is 0 Å². The highest BCUT2D eigenvalue weighted by Gasteiger charge is 2.28. The lowest BCUT2D eigenvalue weighted by atomic mass is 9.72. The molecular weight excluding hydrogens is 589 g/mol. The third kappa shape index (κ3) is 10.3. The van der Waals surface area contributed by atoms with Crippen LogP contribution in [0.2, 0.25) is 0 Å². The zero-order valence-corrected chi connectivity index (χ0v) is 31.2. The van der Waals surface area contributed by atoms with Crippen molar-refractivity contribution in [3.05, 3.63) is 177 Å². The summed E-state index contributed by atoms with van der Waals surface area (Å²) in [5, 5.41) is 0. The third-order valence-electron chi connectivity index (χ3n) is 11.2. The molecule has 5 aromatic carbocycles. The Bertz CT molecular complexity index is 1640. The van der Waals surface area contributed by atoms with Crippen LogP contribution in [-0.2, 0) is 6.42 Å². The van der Waals surface area contributed by atoms with Crippen LogP contribution in [0.15, 0.2) is 127 Å². The Balaban J connectivity index is 1.53. The third-order valence-corrected chi connectivity index (χ3v) is 11.2.